The number of nitrogens with zero attached hydrogens (tertiary/aromatic N) is 1. The van der Waals surface area contributed by atoms with Crippen LogP contribution in [0.15, 0.2) is 0 Å². The minimum atomic E-state index is 0. The first kappa shape index (κ1) is 12.2. The maximum atomic E-state index is 5.59. The summed E-state index contributed by atoms with van der Waals surface area (Å²) in [7, 11) is 2.26. The molecule has 3 atom stereocenters. The van der Waals surface area contributed by atoms with E-state index in [2.05, 4.69) is 11.9 Å². The molecule has 2 saturated heterocycles. The smallest absolute Gasteiger partial charge is 0.0730 e. The molecule has 2 rings (SSSR count). The minimum absolute atomic E-state index is 0. The summed E-state index contributed by atoms with van der Waals surface area (Å²) in [5, 5.41) is 0. The molecule has 2 nitrogen and oxygen atoms in total. The molecule has 2 bridgehead atoms. The average Bonchev–Trinajstić information content (AvgIpc) is 2.33. The van der Waals surface area contributed by atoms with Gasteiger partial charge in [-0.1, -0.05) is 12.2 Å². The van der Waals surface area contributed by atoms with Crippen molar-refractivity contribution >= 4 is 29.6 Å². The molecule has 0 radical (unpaired) electrons. The predicted molar refractivity (Wildman–Crippen MR) is 65.9 cm³/mol. The van der Waals surface area contributed by atoms with Gasteiger partial charge in [-0.2, -0.15) is 0 Å². The topological polar surface area (TPSA) is 29.3 Å². The van der Waals surface area contributed by atoms with Gasteiger partial charge in [-0.3, -0.25) is 0 Å². The molecule has 0 unspecified atom stereocenters. The largest absolute Gasteiger partial charge is 0.393 e. The van der Waals surface area contributed by atoms with E-state index in [0.29, 0.717) is 4.99 Å². The van der Waals surface area contributed by atoms with E-state index in [1.54, 1.807) is 0 Å². The number of fused-ring (bicyclic) bond motifs is 2. The zero-order chi connectivity index (χ0) is 9.42. The van der Waals surface area contributed by atoms with Crippen LogP contribution < -0.4 is 5.73 Å². The summed E-state index contributed by atoms with van der Waals surface area (Å²) in [6, 6.07) is 1.64. The molecular formula is C10H19ClN2S. The van der Waals surface area contributed by atoms with Crippen LogP contribution in [0.1, 0.15) is 32.1 Å². The van der Waals surface area contributed by atoms with Crippen LogP contribution in [0.25, 0.3) is 0 Å². The molecule has 0 aromatic carbocycles. The van der Waals surface area contributed by atoms with Crippen LogP contribution in [0.5, 0.6) is 0 Å². The molecule has 0 aromatic rings. The Balaban J connectivity index is 0.000000980. The van der Waals surface area contributed by atoms with E-state index in [9.17, 15) is 0 Å². The van der Waals surface area contributed by atoms with E-state index in [0.717, 1.165) is 24.4 Å². The summed E-state index contributed by atoms with van der Waals surface area (Å²) in [6.07, 6.45) is 6.36. The van der Waals surface area contributed by atoms with Gasteiger partial charge in [-0.05, 0) is 38.6 Å². The first-order valence-electron chi connectivity index (χ1n) is 5.17. The van der Waals surface area contributed by atoms with Gasteiger partial charge in [0, 0.05) is 18.5 Å². The molecule has 2 fully saturated rings. The van der Waals surface area contributed by atoms with Crippen LogP contribution in [0.2, 0.25) is 0 Å². The molecule has 2 N–H and O–H groups in total. The Labute approximate surface area is 97.6 Å². The summed E-state index contributed by atoms with van der Waals surface area (Å²) in [5.41, 5.74) is 5.59. The second-order valence-electron chi connectivity index (χ2n) is 4.56. The van der Waals surface area contributed by atoms with Gasteiger partial charge < -0.3 is 10.6 Å². The van der Waals surface area contributed by atoms with Gasteiger partial charge >= 0.3 is 0 Å². The highest BCUT2D eigenvalue weighted by molar-refractivity contribution is 7.80. The Morgan fingerprint density at radius 1 is 1.36 bits per heavy atom. The van der Waals surface area contributed by atoms with Crippen LogP contribution in [0, 0.1) is 5.92 Å². The predicted octanol–water partition coefficient (Wildman–Crippen LogP) is 1.96. The Hall–Kier alpha value is 0.140. The fourth-order valence-corrected chi connectivity index (χ4v) is 3.21. The van der Waals surface area contributed by atoms with Gasteiger partial charge in [0.15, 0.2) is 0 Å². The highest BCUT2D eigenvalue weighted by Crippen LogP contribution is 2.38. The summed E-state index contributed by atoms with van der Waals surface area (Å²) in [6.45, 7) is 0. The second-order valence-corrected chi connectivity index (χ2v) is 5.08. The average molecular weight is 235 g/mol. The molecule has 2 heterocycles. The third kappa shape index (κ3) is 2.38. The van der Waals surface area contributed by atoms with Crippen molar-refractivity contribution in [1.29, 1.82) is 0 Å². The maximum Gasteiger partial charge on any atom is 0.0730 e. The van der Waals surface area contributed by atoms with E-state index in [1.165, 1.54) is 25.7 Å². The van der Waals surface area contributed by atoms with Crippen molar-refractivity contribution in [3.05, 3.63) is 0 Å². The molecule has 14 heavy (non-hydrogen) atoms. The Bertz CT molecular complexity index is 208. The highest BCUT2D eigenvalue weighted by Gasteiger charge is 2.38. The minimum Gasteiger partial charge on any atom is -0.393 e. The van der Waals surface area contributed by atoms with Crippen molar-refractivity contribution in [2.24, 2.45) is 11.7 Å². The van der Waals surface area contributed by atoms with Crippen molar-refractivity contribution in [1.82, 2.24) is 4.90 Å². The van der Waals surface area contributed by atoms with Crippen molar-refractivity contribution in [2.75, 3.05) is 7.05 Å². The molecule has 2 aliphatic heterocycles. The normalized spacial score (nSPS) is 36.5. The van der Waals surface area contributed by atoms with Crippen LogP contribution in [0.4, 0.5) is 0 Å². The lowest BCUT2D eigenvalue weighted by Gasteiger charge is -2.36. The van der Waals surface area contributed by atoms with Gasteiger partial charge in [0.25, 0.3) is 0 Å². The Morgan fingerprint density at radius 3 is 2.29 bits per heavy atom. The molecule has 0 amide bonds. The van der Waals surface area contributed by atoms with Crippen LogP contribution in [0.3, 0.4) is 0 Å². The van der Waals surface area contributed by atoms with E-state index < -0.39 is 0 Å². The molecule has 0 spiro atoms. The van der Waals surface area contributed by atoms with Crippen LogP contribution >= 0.6 is 24.6 Å². The van der Waals surface area contributed by atoms with Crippen LogP contribution in [-0.4, -0.2) is 29.0 Å². The lowest BCUT2D eigenvalue weighted by Crippen LogP contribution is -2.40. The third-order valence-corrected chi connectivity index (χ3v) is 3.85. The molecule has 82 valence electrons. The number of piperidine rings is 1. The third-order valence-electron chi connectivity index (χ3n) is 3.69. The molecule has 2 aliphatic rings. The fourth-order valence-electron chi connectivity index (χ4n) is 2.98. The van der Waals surface area contributed by atoms with Gasteiger partial charge in [-0.15, -0.1) is 12.4 Å². The summed E-state index contributed by atoms with van der Waals surface area (Å²) >= 11 is 4.97. The van der Waals surface area contributed by atoms with Crippen molar-refractivity contribution < 1.29 is 0 Å². The maximum absolute atomic E-state index is 5.59. The van der Waals surface area contributed by atoms with Gasteiger partial charge in [0.2, 0.25) is 0 Å². The number of hydrogen-bond donors (Lipinski definition) is 1. The van der Waals surface area contributed by atoms with E-state index in [4.69, 9.17) is 18.0 Å². The number of nitrogens with two attached hydrogens (primary N) is 1. The Morgan fingerprint density at radius 2 is 1.86 bits per heavy atom. The van der Waals surface area contributed by atoms with Gasteiger partial charge in [-0.25, -0.2) is 0 Å². The SMILES string of the molecule is CN1[C@@H]2CC[C@H]1C[C@@H](CC(N)=S)C2.Cl. The van der Waals surface area contributed by atoms with E-state index in [-0.39, 0.29) is 12.4 Å². The quantitative estimate of drug-likeness (QED) is 0.741. The van der Waals surface area contributed by atoms with Crippen molar-refractivity contribution in [3.63, 3.8) is 0 Å². The van der Waals surface area contributed by atoms with Gasteiger partial charge in [0.1, 0.15) is 0 Å². The van der Waals surface area contributed by atoms with Crippen molar-refractivity contribution in [2.45, 2.75) is 44.2 Å². The van der Waals surface area contributed by atoms with E-state index >= 15 is 0 Å². The number of halogens is 1. The monoisotopic (exact) mass is 234 g/mol. The molecular weight excluding hydrogens is 216 g/mol. The van der Waals surface area contributed by atoms with E-state index in [1.807, 2.05) is 0 Å². The highest BCUT2D eigenvalue weighted by atomic mass is 35.5. The lowest BCUT2D eigenvalue weighted by atomic mass is 9.88. The lowest BCUT2D eigenvalue weighted by molar-refractivity contribution is 0.137. The number of hydrogen-bond acceptors (Lipinski definition) is 2. The standard InChI is InChI=1S/C10H18N2S.ClH/c1-12-8-2-3-9(12)5-7(4-8)6-10(11)13;/h7-9H,2-6H2,1H3,(H2,11,13);1H/t7-,8+,9-;. The summed E-state index contributed by atoms with van der Waals surface area (Å²) in [5.74, 6) is 0.770. The zero-order valence-corrected chi connectivity index (χ0v) is 10.2. The molecule has 0 aromatic heterocycles. The first-order chi connectivity index (χ1) is 6.16. The number of thiocarbonyl (C=S) groups is 1. The summed E-state index contributed by atoms with van der Waals surface area (Å²) in [4.78, 5) is 3.25. The zero-order valence-electron chi connectivity index (χ0n) is 8.61. The van der Waals surface area contributed by atoms with Crippen LogP contribution in [-0.2, 0) is 0 Å². The Kier molecular flexibility index (Phi) is 4.16. The molecule has 0 aliphatic carbocycles. The van der Waals surface area contributed by atoms with Crippen molar-refractivity contribution in [3.8, 4) is 0 Å². The van der Waals surface area contributed by atoms with Gasteiger partial charge in [0.05, 0.1) is 4.99 Å². The first-order valence-corrected chi connectivity index (χ1v) is 5.58. The number of rotatable bonds is 2. The summed E-state index contributed by atoms with van der Waals surface area (Å²) < 4.78 is 0. The fraction of sp³-hybridized carbons (Fsp3) is 0.900. The molecule has 4 heteroatoms. The second kappa shape index (κ2) is 4.77. The molecule has 0 saturated carbocycles.